The topological polar surface area (TPSA) is 60.0 Å². The molecule has 0 radical (unpaired) electrons. The van der Waals surface area contributed by atoms with Crippen molar-refractivity contribution in [1.29, 1.82) is 0 Å². The first-order valence-corrected chi connectivity index (χ1v) is 7.72. The number of ether oxygens (including phenoxy) is 3. The van der Waals surface area contributed by atoms with E-state index in [1.165, 1.54) is 0 Å². The molecule has 1 aromatic carbocycles. The fraction of sp³-hybridized carbons (Fsp3) is 0.562. The number of anilines is 1. The number of hydrogen-bond donors (Lipinski definition) is 1. The molecule has 1 aromatic rings. The van der Waals surface area contributed by atoms with Crippen LogP contribution in [0.4, 0.5) is 10.5 Å². The van der Waals surface area contributed by atoms with Gasteiger partial charge in [0, 0.05) is 38.6 Å². The second-order valence-electron chi connectivity index (χ2n) is 5.76. The van der Waals surface area contributed by atoms with Crippen molar-refractivity contribution >= 4 is 11.7 Å². The monoisotopic (exact) mass is 306 g/mol. The van der Waals surface area contributed by atoms with Crippen LogP contribution in [0.5, 0.6) is 11.5 Å². The molecule has 120 valence electrons. The van der Waals surface area contributed by atoms with E-state index in [1.54, 1.807) is 17.0 Å². The Morgan fingerprint density at radius 2 is 2.05 bits per heavy atom. The van der Waals surface area contributed by atoms with Gasteiger partial charge in [0.25, 0.3) is 0 Å². The number of nitrogens with zero attached hydrogens (tertiary/aromatic N) is 1. The zero-order chi connectivity index (χ0) is 15.4. The van der Waals surface area contributed by atoms with Gasteiger partial charge < -0.3 is 24.4 Å². The lowest BCUT2D eigenvalue weighted by atomic mass is 9.96. The summed E-state index contributed by atoms with van der Waals surface area (Å²) >= 11 is 0. The first-order valence-electron chi connectivity index (χ1n) is 7.72. The first kappa shape index (κ1) is 15.0. The van der Waals surface area contributed by atoms with Gasteiger partial charge in [-0.3, -0.25) is 0 Å². The Morgan fingerprint density at radius 1 is 1.27 bits per heavy atom. The average molecular weight is 306 g/mol. The van der Waals surface area contributed by atoms with E-state index in [9.17, 15) is 4.79 Å². The predicted octanol–water partition coefficient (Wildman–Crippen LogP) is 2.70. The molecule has 0 spiro atoms. The summed E-state index contributed by atoms with van der Waals surface area (Å²) in [6, 6.07) is 5.30. The average Bonchev–Trinajstić information content (AvgIpc) is 3.01. The minimum Gasteiger partial charge on any atom is -0.454 e. The van der Waals surface area contributed by atoms with E-state index in [1.807, 2.05) is 13.1 Å². The number of amides is 2. The molecule has 6 heteroatoms. The lowest BCUT2D eigenvalue weighted by Crippen LogP contribution is -2.33. The standard InChI is InChI=1S/C16H22N2O4/c1-18(7-4-12-5-8-20-9-6-12)16(19)17-13-2-3-14-15(10-13)22-11-21-14/h2-3,10,12H,4-9,11H2,1H3,(H,17,19). The van der Waals surface area contributed by atoms with E-state index in [0.29, 0.717) is 23.1 Å². The quantitative estimate of drug-likeness (QED) is 0.929. The van der Waals surface area contributed by atoms with Crippen LogP contribution in [0, 0.1) is 5.92 Å². The van der Waals surface area contributed by atoms with Crippen molar-refractivity contribution in [2.24, 2.45) is 5.92 Å². The molecule has 2 amide bonds. The number of urea groups is 1. The zero-order valence-electron chi connectivity index (χ0n) is 12.8. The third-order valence-electron chi connectivity index (χ3n) is 4.18. The predicted molar refractivity (Wildman–Crippen MR) is 82.4 cm³/mol. The lowest BCUT2D eigenvalue weighted by molar-refractivity contribution is 0.0621. The highest BCUT2D eigenvalue weighted by molar-refractivity contribution is 5.89. The molecule has 2 aliphatic rings. The van der Waals surface area contributed by atoms with Crippen molar-refractivity contribution in [2.75, 3.05) is 38.9 Å². The van der Waals surface area contributed by atoms with E-state index in [2.05, 4.69) is 5.32 Å². The van der Waals surface area contributed by atoms with E-state index in [4.69, 9.17) is 14.2 Å². The molecule has 0 saturated carbocycles. The van der Waals surface area contributed by atoms with E-state index in [-0.39, 0.29) is 12.8 Å². The maximum Gasteiger partial charge on any atom is 0.321 e. The second-order valence-corrected chi connectivity index (χ2v) is 5.76. The number of carbonyl (C=O) groups excluding carboxylic acids is 1. The Bertz CT molecular complexity index is 529. The Hall–Kier alpha value is -1.95. The highest BCUT2D eigenvalue weighted by atomic mass is 16.7. The summed E-state index contributed by atoms with van der Waals surface area (Å²) in [5.74, 6) is 2.04. The third-order valence-corrected chi connectivity index (χ3v) is 4.18. The van der Waals surface area contributed by atoms with E-state index in [0.717, 1.165) is 39.0 Å². The van der Waals surface area contributed by atoms with Gasteiger partial charge in [0.05, 0.1) is 0 Å². The van der Waals surface area contributed by atoms with Gasteiger partial charge in [-0.1, -0.05) is 0 Å². The SMILES string of the molecule is CN(CCC1CCOCC1)C(=O)Nc1ccc2c(c1)OCO2. The smallest absolute Gasteiger partial charge is 0.321 e. The highest BCUT2D eigenvalue weighted by Crippen LogP contribution is 2.34. The van der Waals surface area contributed by atoms with E-state index < -0.39 is 0 Å². The largest absolute Gasteiger partial charge is 0.454 e. The fourth-order valence-corrected chi connectivity index (χ4v) is 2.71. The van der Waals surface area contributed by atoms with Gasteiger partial charge in [-0.2, -0.15) is 0 Å². The summed E-state index contributed by atoms with van der Waals surface area (Å²) in [4.78, 5) is 13.9. The van der Waals surface area contributed by atoms with Gasteiger partial charge in [0.15, 0.2) is 11.5 Å². The van der Waals surface area contributed by atoms with Crippen LogP contribution in [-0.4, -0.2) is 44.5 Å². The van der Waals surface area contributed by atoms with Crippen molar-refractivity contribution in [2.45, 2.75) is 19.3 Å². The summed E-state index contributed by atoms with van der Waals surface area (Å²) in [5, 5.41) is 2.89. The summed E-state index contributed by atoms with van der Waals surface area (Å²) < 4.78 is 15.9. The number of carbonyl (C=O) groups is 1. The summed E-state index contributed by atoms with van der Waals surface area (Å²) in [6.45, 7) is 2.67. The van der Waals surface area contributed by atoms with Crippen LogP contribution in [0.2, 0.25) is 0 Å². The molecule has 1 saturated heterocycles. The summed E-state index contributed by atoms with van der Waals surface area (Å²) in [6.07, 6.45) is 3.21. The van der Waals surface area contributed by atoms with Crippen LogP contribution >= 0.6 is 0 Å². The summed E-state index contributed by atoms with van der Waals surface area (Å²) in [7, 11) is 1.82. The Kier molecular flexibility index (Phi) is 4.68. The van der Waals surface area contributed by atoms with Gasteiger partial charge in [-0.25, -0.2) is 4.79 Å². The van der Waals surface area contributed by atoms with Crippen molar-refractivity contribution in [3.8, 4) is 11.5 Å². The minimum absolute atomic E-state index is 0.106. The van der Waals surface area contributed by atoms with Crippen molar-refractivity contribution in [3.63, 3.8) is 0 Å². The van der Waals surface area contributed by atoms with Gasteiger partial charge in [-0.05, 0) is 37.3 Å². The molecule has 0 unspecified atom stereocenters. The number of hydrogen-bond acceptors (Lipinski definition) is 4. The maximum absolute atomic E-state index is 12.2. The maximum atomic E-state index is 12.2. The molecule has 1 N–H and O–H groups in total. The van der Waals surface area contributed by atoms with Crippen LogP contribution in [-0.2, 0) is 4.74 Å². The molecular weight excluding hydrogens is 284 g/mol. The zero-order valence-corrected chi connectivity index (χ0v) is 12.8. The van der Waals surface area contributed by atoms with Crippen LogP contribution in [0.1, 0.15) is 19.3 Å². The van der Waals surface area contributed by atoms with Crippen LogP contribution in [0.25, 0.3) is 0 Å². The number of nitrogens with one attached hydrogen (secondary N) is 1. The Morgan fingerprint density at radius 3 is 2.86 bits per heavy atom. The van der Waals surface area contributed by atoms with Gasteiger partial charge in [0.2, 0.25) is 6.79 Å². The van der Waals surface area contributed by atoms with E-state index >= 15 is 0 Å². The fourth-order valence-electron chi connectivity index (χ4n) is 2.71. The van der Waals surface area contributed by atoms with Gasteiger partial charge >= 0.3 is 6.03 Å². The number of rotatable bonds is 4. The first-order chi connectivity index (χ1) is 10.7. The molecule has 3 rings (SSSR count). The lowest BCUT2D eigenvalue weighted by Gasteiger charge is -2.25. The minimum atomic E-state index is -0.106. The third kappa shape index (κ3) is 3.62. The molecule has 22 heavy (non-hydrogen) atoms. The van der Waals surface area contributed by atoms with Gasteiger partial charge in [-0.15, -0.1) is 0 Å². The molecule has 0 aliphatic carbocycles. The molecule has 0 aromatic heterocycles. The molecule has 1 fully saturated rings. The number of fused-ring (bicyclic) bond motifs is 1. The molecule has 0 bridgehead atoms. The van der Waals surface area contributed by atoms with Crippen LogP contribution in [0.15, 0.2) is 18.2 Å². The van der Waals surface area contributed by atoms with Crippen molar-refractivity contribution < 1.29 is 19.0 Å². The Balaban J connectivity index is 1.48. The molecule has 0 atom stereocenters. The molecular formula is C16H22N2O4. The van der Waals surface area contributed by atoms with Gasteiger partial charge in [0.1, 0.15) is 0 Å². The second kappa shape index (κ2) is 6.87. The summed E-state index contributed by atoms with van der Waals surface area (Å²) in [5.41, 5.74) is 0.715. The number of benzene rings is 1. The normalized spacial score (nSPS) is 17.3. The Labute approximate surface area is 130 Å². The molecule has 2 aliphatic heterocycles. The highest BCUT2D eigenvalue weighted by Gasteiger charge is 2.17. The van der Waals surface area contributed by atoms with Crippen molar-refractivity contribution in [1.82, 2.24) is 4.90 Å². The molecule has 2 heterocycles. The van der Waals surface area contributed by atoms with Crippen LogP contribution in [0.3, 0.4) is 0 Å². The molecule has 6 nitrogen and oxygen atoms in total. The van der Waals surface area contributed by atoms with Crippen LogP contribution < -0.4 is 14.8 Å². The van der Waals surface area contributed by atoms with Crippen molar-refractivity contribution in [3.05, 3.63) is 18.2 Å².